The SMILES string of the molecule is CCNCc1sccc1S(=O)(=O)N(C)C(C)(C)CC. The lowest BCUT2D eigenvalue weighted by atomic mass is 10.0. The fourth-order valence-corrected chi connectivity index (χ4v) is 4.58. The van der Waals surface area contributed by atoms with E-state index in [4.69, 9.17) is 0 Å². The van der Waals surface area contributed by atoms with E-state index in [0.29, 0.717) is 11.4 Å². The van der Waals surface area contributed by atoms with Gasteiger partial charge in [-0.1, -0.05) is 13.8 Å². The summed E-state index contributed by atoms with van der Waals surface area (Å²) < 4.78 is 26.9. The molecule has 0 aliphatic carbocycles. The Morgan fingerprint density at radius 2 is 2.00 bits per heavy atom. The predicted octanol–water partition coefficient (Wildman–Crippen LogP) is 2.67. The molecule has 1 aromatic rings. The standard InChI is InChI=1S/C13H24N2O2S2/c1-6-13(3,4)15(5)19(16,17)12-8-9-18-11(12)10-14-7-2/h8-9,14H,6-7,10H2,1-5H3. The van der Waals surface area contributed by atoms with Crippen molar-refractivity contribution in [2.24, 2.45) is 0 Å². The van der Waals surface area contributed by atoms with E-state index in [1.807, 2.05) is 33.1 Å². The number of hydrogen-bond donors (Lipinski definition) is 1. The number of thiophene rings is 1. The van der Waals surface area contributed by atoms with Gasteiger partial charge in [-0.3, -0.25) is 0 Å². The average Bonchev–Trinajstić information content (AvgIpc) is 2.84. The molecule has 0 radical (unpaired) electrons. The molecule has 0 spiro atoms. The summed E-state index contributed by atoms with van der Waals surface area (Å²) in [7, 11) is -1.76. The topological polar surface area (TPSA) is 49.4 Å². The summed E-state index contributed by atoms with van der Waals surface area (Å²) in [4.78, 5) is 1.31. The van der Waals surface area contributed by atoms with E-state index in [2.05, 4.69) is 5.32 Å². The van der Waals surface area contributed by atoms with Gasteiger partial charge in [0.15, 0.2) is 0 Å². The zero-order valence-corrected chi connectivity index (χ0v) is 14.0. The van der Waals surface area contributed by atoms with Crippen LogP contribution in [0, 0.1) is 0 Å². The van der Waals surface area contributed by atoms with Crippen LogP contribution in [0.15, 0.2) is 16.3 Å². The van der Waals surface area contributed by atoms with Gasteiger partial charge in [0.05, 0.1) is 4.90 Å². The number of sulfonamides is 1. The van der Waals surface area contributed by atoms with E-state index in [1.165, 1.54) is 15.6 Å². The van der Waals surface area contributed by atoms with Gasteiger partial charge >= 0.3 is 0 Å². The van der Waals surface area contributed by atoms with Crippen LogP contribution >= 0.6 is 11.3 Å². The summed E-state index contributed by atoms with van der Waals surface area (Å²) in [6, 6.07) is 1.70. The van der Waals surface area contributed by atoms with Gasteiger partial charge in [0.2, 0.25) is 10.0 Å². The Bertz CT molecular complexity index is 506. The van der Waals surface area contributed by atoms with E-state index in [9.17, 15) is 8.42 Å². The van der Waals surface area contributed by atoms with Gasteiger partial charge in [-0.25, -0.2) is 8.42 Å². The Kier molecular flexibility index (Phi) is 5.55. The molecule has 0 aliphatic heterocycles. The molecule has 110 valence electrons. The van der Waals surface area contributed by atoms with Crippen molar-refractivity contribution in [3.63, 3.8) is 0 Å². The monoisotopic (exact) mass is 304 g/mol. The smallest absolute Gasteiger partial charge is 0.244 e. The highest BCUT2D eigenvalue weighted by atomic mass is 32.2. The Morgan fingerprint density at radius 1 is 1.37 bits per heavy atom. The van der Waals surface area contributed by atoms with Crippen LogP contribution in [0.25, 0.3) is 0 Å². The van der Waals surface area contributed by atoms with Crippen molar-refractivity contribution < 1.29 is 8.42 Å². The molecule has 0 amide bonds. The van der Waals surface area contributed by atoms with E-state index in [-0.39, 0.29) is 5.54 Å². The molecule has 4 nitrogen and oxygen atoms in total. The molecule has 1 rings (SSSR count). The summed E-state index contributed by atoms with van der Waals surface area (Å²) >= 11 is 1.48. The van der Waals surface area contributed by atoms with Crippen LogP contribution in [0.4, 0.5) is 0 Å². The molecule has 0 bridgehead atoms. The van der Waals surface area contributed by atoms with Crippen LogP contribution in [0.1, 0.15) is 39.0 Å². The lowest BCUT2D eigenvalue weighted by Crippen LogP contribution is -2.44. The van der Waals surface area contributed by atoms with Gasteiger partial charge in [0.1, 0.15) is 0 Å². The van der Waals surface area contributed by atoms with Gasteiger partial charge in [0, 0.05) is 24.0 Å². The molecule has 0 unspecified atom stereocenters. The Balaban J connectivity index is 3.10. The average molecular weight is 304 g/mol. The predicted molar refractivity (Wildman–Crippen MR) is 81.0 cm³/mol. The first-order valence-electron chi connectivity index (χ1n) is 6.53. The molecule has 1 heterocycles. The fourth-order valence-electron chi connectivity index (χ4n) is 1.62. The second-order valence-corrected chi connectivity index (χ2v) is 8.07. The fraction of sp³-hybridized carbons (Fsp3) is 0.692. The van der Waals surface area contributed by atoms with Crippen LogP contribution in [-0.2, 0) is 16.6 Å². The molecular formula is C13H24N2O2S2. The quantitative estimate of drug-likeness (QED) is 0.842. The van der Waals surface area contributed by atoms with Crippen LogP contribution in [0.5, 0.6) is 0 Å². The maximum atomic E-state index is 12.7. The third-order valence-electron chi connectivity index (χ3n) is 3.60. The van der Waals surface area contributed by atoms with E-state index in [1.54, 1.807) is 13.1 Å². The summed E-state index contributed by atoms with van der Waals surface area (Å²) in [6.45, 7) is 9.33. The molecule has 0 atom stereocenters. The van der Waals surface area contributed by atoms with Crippen molar-refractivity contribution >= 4 is 21.4 Å². The highest BCUT2D eigenvalue weighted by molar-refractivity contribution is 7.89. The van der Waals surface area contributed by atoms with Crippen LogP contribution in [0.2, 0.25) is 0 Å². The van der Waals surface area contributed by atoms with E-state index < -0.39 is 10.0 Å². The van der Waals surface area contributed by atoms with Crippen molar-refractivity contribution in [2.75, 3.05) is 13.6 Å². The Hall–Kier alpha value is -0.430. The van der Waals surface area contributed by atoms with E-state index in [0.717, 1.165) is 17.8 Å². The number of nitrogens with one attached hydrogen (secondary N) is 1. The minimum atomic E-state index is -3.42. The number of nitrogens with zero attached hydrogens (tertiary/aromatic N) is 1. The van der Waals surface area contributed by atoms with Gasteiger partial charge in [0.25, 0.3) is 0 Å². The molecule has 0 fully saturated rings. The van der Waals surface area contributed by atoms with Crippen molar-refractivity contribution in [3.05, 3.63) is 16.3 Å². The Morgan fingerprint density at radius 3 is 2.53 bits per heavy atom. The third kappa shape index (κ3) is 3.56. The van der Waals surface area contributed by atoms with Crippen LogP contribution in [-0.4, -0.2) is 31.9 Å². The molecule has 1 aromatic heterocycles. The van der Waals surface area contributed by atoms with Gasteiger partial charge in [-0.2, -0.15) is 4.31 Å². The summed E-state index contributed by atoms with van der Waals surface area (Å²) in [5.74, 6) is 0. The molecular weight excluding hydrogens is 280 g/mol. The van der Waals surface area contributed by atoms with Gasteiger partial charge < -0.3 is 5.32 Å². The lowest BCUT2D eigenvalue weighted by Gasteiger charge is -2.33. The zero-order chi connectivity index (χ0) is 14.7. The summed E-state index contributed by atoms with van der Waals surface area (Å²) in [5, 5.41) is 5.02. The first-order valence-corrected chi connectivity index (χ1v) is 8.85. The van der Waals surface area contributed by atoms with Crippen molar-refractivity contribution in [1.29, 1.82) is 0 Å². The molecule has 0 aliphatic rings. The number of hydrogen-bond acceptors (Lipinski definition) is 4. The van der Waals surface area contributed by atoms with Crippen molar-refractivity contribution in [3.8, 4) is 0 Å². The second kappa shape index (κ2) is 6.35. The van der Waals surface area contributed by atoms with Crippen LogP contribution in [0.3, 0.4) is 0 Å². The minimum Gasteiger partial charge on any atom is -0.312 e. The lowest BCUT2D eigenvalue weighted by molar-refractivity contribution is 0.257. The molecule has 1 N–H and O–H groups in total. The molecule has 0 saturated carbocycles. The van der Waals surface area contributed by atoms with Crippen molar-refractivity contribution in [2.45, 2.75) is 51.1 Å². The highest BCUT2D eigenvalue weighted by Crippen LogP contribution is 2.29. The second-order valence-electron chi connectivity index (χ2n) is 5.13. The Labute approximate surface area is 120 Å². The summed E-state index contributed by atoms with van der Waals surface area (Å²) in [5.41, 5.74) is -0.379. The molecule has 0 aromatic carbocycles. The maximum absolute atomic E-state index is 12.7. The van der Waals surface area contributed by atoms with Crippen molar-refractivity contribution in [1.82, 2.24) is 9.62 Å². The first kappa shape index (κ1) is 16.6. The highest BCUT2D eigenvalue weighted by Gasteiger charge is 2.34. The normalized spacial score (nSPS) is 13.2. The molecule has 0 saturated heterocycles. The van der Waals surface area contributed by atoms with Gasteiger partial charge in [-0.15, -0.1) is 11.3 Å². The first-order chi connectivity index (χ1) is 8.77. The van der Waals surface area contributed by atoms with Crippen LogP contribution < -0.4 is 5.32 Å². The maximum Gasteiger partial charge on any atom is 0.244 e. The van der Waals surface area contributed by atoms with Gasteiger partial charge in [-0.05, 0) is 38.3 Å². The van der Waals surface area contributed by atoms with E-state index >= 15 is 0 Å². The number of rotatable bonds is 7. The minimum absolute atomic E-state index is 0.379. The largest absolute Gasteiger partial charge is 0.312 e. The zero-order valence-electron chi connectivity index (χ0n) is 12.4. The molecule has 19 heavy (non-hydrogen) atoms. The third-order valence-corrected chi connectivity index (χ3v) is 6.80. The summed E-state index contributed by atoms with van der Waals surface area (Å²) in [6.07, 6.45) is 0.773. The molecule has 6 heteroatoms.